The molecule has 2 aliphatic carbocycles. The number of likely N-dealkylation sites (N-methyl/N-ethyl adjacent to an activating group) is 1. The molecular formula is C27H22N2. The number of rotatable bonds is 1. The van der Waals surface area contributed by atoms with Gasteiger partial charge in [0.05, 0.1) is 11.1 Å². The van der Waals surface area contributed by atoms with E-state index in [1.807, 2.05) is 0 Å². The van der Waals surface area contributed by atoms with Crippen molar-refractivity contribution in [2.45, 2.75) is 23.8 Å². The van der Waals surface area contributed by atoms with Crippen LogP contribution in [-0.2, 0) is 11.8 Å². The van der Waals surface area contributed by atoms with Gasteiger partial charge in [0.25, 0.3) is 0 Å². The lowest BCUT2D eigenvalue weighted by Gasteiger charge is -2.24. The Morgan fingerprint density at radius 2 is 1.59 bits per heavy atom. The fourth-order valence-electron chi connectivity index (χ4n) is 6.27. The molecule has 3 aliphatic rings. The second-order valence-electron chi connectivity index (χ2n) is 8.82. The first-order valence-corrected chi connectivity index (χ1v) is 10.5. The second-order valence-corrected chi connectivity index (χ2v) is 8.82. The molecule has 3 aromatic carbocycles. The van der Waals surface area contributed by atoms with Crippen LogP contribution in [0.5, 0.6) is 0 Å². The summed E-state index contributed by atoms with van der Waals surface area (Å²) in [7, 11) is 2.28. The third-order valence-electron chi connectivity index (χ3n) is 7.68. The van der Waals surface area contributed by atoms with Gasteiger partial charge in [0.1, 0.15) is 0 Å². The van der Waals surface area contributed by atoms with Crippen molar-refractivity contribution in [3.05, 3.63) is 102 Å². The zero-order valence-electron chi connectivity index (χ0n) is 16.5. The van der Waals surface area contributed by atoms with Gasteiger partial charge in [-0.15, -0.1) is 0 Å². The molecule has 140 valence electrons. The van der Waals surface area contributed by atoms with E-state index in [0.29, 0.717) is 0 Å². The van der Waals surface area contributed by atoms with Gasteiger partial charge >= 0.3 is 0 Å². The van der Waals surface area contributed by atoms with Crippen molar-refractivity contribution in [3.8, 4) is 5.69 Å². The van der Waals surface area contributed by atoms with Gasteiger partial charge in [-0.25, -0.2) is 0 Å². The third-order valence-corrected chi connectivity index (χ3v) is 7.68. The van der Waals surface area contributed by atoms with Crippen LogP contribution in [0.25, 0.3) is 22.7 Å². The molecule has 0 radical (unpaired) electrons. The minimum atomic E-state index is 0.123. The summed E-state index contributed by atoms with van der Waals surface area (Å²) in [5.74, 6) is 0. The molecule has 2 nitrogen and oxygen atoms in total. The fourth-order valence-corrected chi connectivity index (χ4v) is 6.27. The Bertz CT molecular complexity index is 1330. The standard InChI is InChI=1S/C27H22N2/c1-28-25-14-8-6-12-22(25)26-17-21-20-11-5-7-13-23(20)29(19-9-3-2-4-10-19)24(21)15-16-27(26,28)18-26/h2-16H,17-18H2,1H3. The molecule has 2 unspecified atom stereocenters. The molecule has 0 amide bonds. The van der Waals surface area contributed by atoms with Gasteiger partial charge in [0.15, 0.2) is 0 Å². The molecule has 2 heteroatoms. The van der Waals surface area contributed by atoms with Crippen LogP contribution in [0.15, 0.2) is 84.9 Å². The van der Waals surface area contributed by atoms with E-state index in [4.69, 9.17) is 0 Å². The van der Waals surface area contributed by atoms with Crippen molar-refractivity contribution in [3.63, 3.8) is 0 Å². The number of hydrogen-bond donors (Lipinski definition) is 0. The van der Waals surface area contributed by atoms with Crippen LogP contribution in [0.3, 0.4) is 0 Å². The highest BCUT2D eigenvalue weighted by Crippen LogP contribution is 2.71. The Kier molecular flexibility index (Phi) is 2.70. The van der Waals surface area contributed by atoms with E-state index in [1.54, 1.807) is 0 Å². The first kappa shape index (κ1) is 15.6. The number of fused-ring (bicyclic) bond motifs is 4. The molecule has 0 N–H and O–H groups in total. The van der Waals surface area contributed by atoms with E-state index in [9.17, 15) is 0 Å². The van der Waals surface area contributed by atoms with E-state index < -0.39 is 0 Å². The lowest BCUT2D eigenvalue weighted by molar-refractivity contribution is 0.626. The van der Waals surface area contributed by atoms with Crippen LogP contribution < -0.4 is 4.90 Å². The van der Waals surface area contributed by atoms with Crippen LogP contribution in [0.1, 0.15) is 23.2 Å². The lowest BCUT2D eigenvalue weighted by atomic mass is 9.86. The Morgan fingerprint density at radius 3 is 2.48 bits per heavy atom. The predicted molar refractivity (Wildman–Crippen MR) is 120 cm³/mol. The normalized spacial score (nSPS) is 25.9. The third kappa shape index (κ3) is 1.70. The van der Waals surface area contributed by atoms with Crippen molar-refractivity contribution < 1.29 is 0 Å². The average molecular weight is 374 g/mol. The molecule has 0 spiro atoms. The fraction of sp³-hybridized carbons (Fsp3) is 0.185. The van der Waals surface area contributed by atoms with E-state index in [1.165, 1.54) is 45.5 Å². The summed E-state index contributed by atoms with van der Waals surface area (Å²) < 4.78 is 2.45. The molecule has 0 bridgehead atoms. The summed E-state index contributed by atoms with van der Waals surface area (Å²) >= 11 is 0. The summed E-state index contributed by atoms with van der Waals surface area (Å²) in [6, 6.07) is 28.7. The van der Waals surface area contributed by atoms with Gasteiger partial charge in [0.2, 0.25) is 0 Å². The Balaban J connectivity index is 1.53. The summed E-state index contributed by atoms with van der Waals surface area (Å²) in [6.07, 6.45) is 7.21. The largest absolute Gasteiger partial charge is 0.364 e. The number of aromatic nitrogens is 1. The van der Waals surface area contributed by atoms with Gasteiger partial charge in [-0.05, 0) is 54.3 Å². The maximum Gasteiger partial charge on any atom is 0.0696 e. The number of nitrogens with zero attached hydrogens (tertiary/aromatic N) is 2. The summed E-state index contributed by atoms with van der Waals surface area (Å²) in [5.41, 5.74) is 8.62. The number of anilines is 1. The smallest absolute Gasteiger partial charge is 0.0696 e. The molecular weight excluding hydrogens is 352 g/mol. The van der Waals surface area contributed by atoms with Crippen LogP contribution in [0, 0.1) is 0 Å². The summed E-state index contributed by atoms with van der Waals surface area (Å²) in [4.78, 5) is 2.53. The van der Waals surface area contributed by atoms with Gasteiger partial charge in [-0.2, -0.15) is 0 Å². The average Bonchev–Trinajstić information content (AvgIpc) is 3.31. The van der Waals surface area contributed by atoms with Crippen molar-refractivity contribution in [2.75, 3.05) is 11.9 Å². The minimum Gasteiger partial charge on any atom is -0.364 e. The van der Waals surface area contributed by atoms with Crippen LogP contribution in [-0.4, -0.2) is 17.2 Å². The molecule has 4 aromatic rings. The quantitative estimate of drug-likeness (QED) is 0.413. The van der Waals surface area contributed by atoms with Gasteiger partial charge in [-0.1, -0.05) is 60.7 Å². The van der Waals surface area contributed by atoms with E-state index in [-0.39, 0.29) is 11.0 Å². The van der Waals surface area contributed by atoms with Crippen molar-refractivity contribution >= 4 is 22.7 Å². The highest BCUT2D eigenvalue weighted by Gasteiger charge is 2.74. The molecule has 1 saturated carbocycles. The first-order chi connectivity index (χ1) is 14.3. The summed E-state index contributed by atoms with van der Waals surface area (Å²) in [5, 5.41) is 1.39. The topological polar surface area (TPSA) is 8.17 Å². The molecule has 2 atom stereocenters. The number of hydrogen-bond acceptors (Lipinski definition) is 1. The van der Waals surface area contributed by atoms with Crippen LogP contribution >= 0.6 is 0 Å². The molecule has 29 heavy (non-hydrogen) atoms. The van der Waals surface area contributed by atoms with Crippen LogP contribution in [0.4, 0.5) is 5.69 Å². The molecule has 2 heterocycles. The van der Waals surface area contributed by atoms with E-state index in [0.717, 1.165) is 6.42 Å². The maximum absolute atomic E-state index is 2.53. The molecule has 1 aliphatic heterocycles. The Morgan fingerprint density at radius 1 is 0.828 bits per heavy atom. The Hall–Kier alpha value is -3.26. The SMILES string of the molecule is CN1c2ccccc2C23Cc4c(n(-c5ccccc5)c5ccccc45)C=CC12C3. The molecule has 0 saturated heterocycles. The molecule has 7 rings (SSSR count). The molecule has 1 fully saturated rings. The lowest BCUT2D eigenvalue weighted by Crippen LogP contribution is -2.33. The minimum absolute atomic E-state index is 0.123. The van der Waals surface area contributed by atoms with Crippen molar-refractivity contribution in [2.24, 2.45) is 0 Å². The van der Waals surface area contributed by atoms with Gasteiger partial charge < -0.3 is 9.47 Å². The summed E-state index contributed by atoms with van der Waals surface area (Å²) in [6.45, 7) is 0. The van der Waals surface area contributed by atoms with Crippen LogP contribution in [0.2, 0.25) is 0 Å². The predicted octanol–water partition coefficient (Wildman–Crippen LogP) is 5.73. The second kappa shape index (κ2) is 5.01. The highest BCUT2D eigenvalue weighted by atomic mass is 15.3. The van der Waals surface area contributed by atoms with E-state index >= 15 is 0 Å². The number of benzene rings is 3. The van der Waals surface area contributed by atoms with Gasteiger partial charge in [-0.3, -0.25) is 0 Å². The zero-order valence-corrected chi connectivity index (χ0v) is 16.5. The van der Waals surface area contributed by atoms with Gasteiger partial charge in [0, 0.05) is 34.9 Å². The van der Waals surface area contributed by atoms with Crippen molar-refractivity contribution in [1.82, 2.24) is 4.57 Å². The Labute approximate surface area is 170 Å². The van der Waals surface area contributed by atoms with Crippen molar-refractivity contribution in [1.29, 1.82) is 0 Å². The molecule has 1 aromatic heterocycles. The first-order valence-electron chi connectivity index (χ1n) is 10.5. The monoisotopic (exact) mass is 374 g/mol. The highest BCUT2D eigenvalue weighted by molar-refractivity contribution is 5.92. The zero-order chi connectivity index (χ0) is 19.2. The van der Waals surface area contributed by atoms with E-state index in [2.05, 4.69) is 108 Å². The number of para-hydroxylation sites is 3. The maximum atomic E-state index is 2.53.